The van der Waals surface area contributed by atoms with Gasteiger partial charge in [-0.2, -0.15) is 0 Å². The second kappa shape index (κ2) is 30.9. The summed E-state index contributed by atoms with van der Waals surface area (Å²) in [6.45, 7) is 14.6. The molecule has 224 valence electrons. The summed E-state index contributed by atoms with van der Waals surface area (Å²) in [7, 11) is -14.5. The van der Waals surface area contributed by atoms with Crippen LogP contribution in [0.2, 0.25) is 0 Å². The van der Waals surface area contributed by atoms with E-state index in [0.29, 0.717) is 19.8 Å². The van der Waals surface area contributed by atoms with Gasteiger partial charge in [0.25, 0.3) is 0 Å². The van der Waals surface area contributed by atoms with Gasteiger partial charge in [0.1, 0.15) is 13.3 Å². The molecule has 0 fully saturated rings. The molecule has 5 N–H and O–H groups in total. The van der Waals surface area contributed by atoms with Crippen molar-refractivity contribution in [1.82, 2.24) is 0 Å². The molecule has 0 saturated heterocycles. The highest BCUT2D eigenvalue weighted by molar-refractivity contribution is 7.56. The average Bonchev–Trinajstić information content (AvgIpc) is 2.42. The van der Waals surface area contributed by atoms with Crippen molar-refractivity contribution < 1.29 is 65.4 Å². The Hall–Kier alpha value is 0.660. The molecular weight excluding hydrogens is 571 g/mol. The van der Waals surface area contributed by atoms with Crippen LogP contribution in [0.4, 0.5) is 0 Å². The van der Waals surface area contributed by atoms with Gasteiger partial charge in [0.2, 0.25) is 0 Å². The summed E-state index contributed by atoms with van der Waals surface area (Å²) in [5.41, 5.74) is 0. The van der Waals surface area contributed by atoms with Crippen LogP contribution in [0.25, 0.3) is 0 Å². The minimum atomic E-state index is -4.17. The SMILES string of the molecule is C.C.C.CCOP(=O)(O)O.CCOP(=O)(OCC)OCC.CP(=O)(O)O.CP(C)(=O)O.C[P+](C)=O. The van der Waals surface area contributed by atoms with Gasteiger partial charge in [0.05, 0.1) is 26.4 Å². The number of phosphoric acid groups is 2. The summed E-state index contributed by atoms with van der Waals surface area (Å²) < 4.78 is 68.1. The van der Waals surface area contributed by atoms with Gasteiger partial charge in [-0.05, 0) is 27.7 Å². The van der Waals surface area contributed by atoms with Gasteiger partial charge in [-0.15, -0.1) is 0 Å². The predicted molar refractivity (Wildman–Crippen MR) is 145 cm³/mol. The zero-order valence-corrected chi connectivity index (χ0v) is 24.4. The van der Waals surface area contributed by atoms with Crippen LogP contribution in [0, 0.1) is 0 Å². The molecule has 0 bridgehead atoms. The Labute approximate surface area is 213 Å². The van der Waals surface area contributed by atoms with Gasteiger partial charge in [-0.25, -0.2) is 9.13 Å². The van der Waals surface area contributed by atoms with E-state index in [1.54, 1.807) is 34.1 Å². The van der Waals surface area contributed by atoms with Crippen LogP contribution < -0.4 is 0 Å². The molecule has 19 heteroatoms. The summed E-state index contributed by atoms with van der Waals surface area (Å²) in [5.74, 6) is 0. The van der Waals surface area contributed by atoms with E-state index in [-0.39, 0.29) is 28.9 Å². The Balaban J connectivity index is -0.0000000447. The van der Waals surface area contributed by atoms with Gasteiger partial charge in [0, 0.05) is 20.0 Å². The van der Waals surface area contributed by atoms with Crippen molar-refractivity contribution >= 4 is 38.4 Å². The van der Waals surface area contributed by atoms with E-state index in [9.17, 15) is 22.8 Å². The first kappa shape index (κ1) is 56.0. The van der Waals surface area contributed by atoms with E-state index in [2.05, 4.69) is 4.52 Å². The van der Waals surface area contributed by atoms with Crippen molar-refractivity contribution in [2.75, 3.05) is 59.8 Å². The van der Waals surface area contributed by atoms with E-state index in [1.807, 2.05) is 0 Å². The van der Waals surface area contributed by atoms with E-state index in [1.165, 1.54) is 20.3 Å². The van der Waals surface area contributed by atoms with Crippen molar-refractivity contribution in [3.05, 3.63) is 0 Å². The van der Waals surface area contributed by atoms with Crippen LogP contribution in [0.15, 0.2) is 0 Å². The summed E-state index contributed by atoms with van der Waals surface area (Å²) in [6, 6.07) is 0. The number of hydrogen-bond donors (Lipinski definition) is 5. The molecule has 0 aromatic rings. The minimum absolute atomic E-state index is 0. The quantitative estimate of drug-likeness (QED) is 0.207. The lowest BCUT2D eigenvalue weighted by atomic mass is 10.9. The predicted octanol–water partition coefficient (Wildman–Crippen LogP) is 5.61. The first-order chi connectivity index (χ1) is 14.0. The molecule has 0 atom stereocenters. The van der Waals surface area contributed by atoms with Crippen LogP contribution in [0.5, 0.6) is 0 Å². The summed E-state index contributed by atoms with van der Waals surface area (Å²) in [4.78, 5) is 39.2. The Kier molecular flexibility index (Phi) is 49.4. The molecular formula is C16H52O14P5+. The van der Waals surface area contributed by atoms with Gasteiger partial charge in [0.15, 0.2) is 7.37 Å². The van der Waals surface area contributed by atoms with Crippen LogP contribution in [-0.2, 0) is 40.9 Å². The number of rotatable bonds is 8. The molecule has 0 saturated carbocycles. The summed E-state index contributed by atoms with van der Waals surface area (Å²) >= 11 is 0. The van der Waals surface area contributed by atoms with Gasteiger partial charge in [-0.1, -0.05) is 26.8 Å². The van der Waals surface area contributed by atoms with E-state index in [4.69, 9.17) is 38.0 Å². The zero-order chi connectivity index (χ0) is 27.2. The maximum atomic E-state index is 11.3. The largest absolute Gasteiger partial charge is 0.474 e. The monoisotopic (exact) mass is 623 g/mol. The Morgan fingerprint density at radius 3 is 0.800 bits per heavy atom. The van der Waals surface area contributed by atoms with E-state index in [0.717, 1.165) is 6.66 Å². The van der Waals surface area contributed by atoms with Crippen LogP contribution in [0.3, 0.4) is 0 Å². The lowest BCUT2D eigenvalue weighted by Gasteiger charge is -2.14. The van der Waals surface area contributed by atoms with Crippen LogP contribution in [-0.4, -0.2) is 84.2 Å². The number of phosphoric ester groups is 2. The Morgan fingerprint density at radius 1 is 0.600 bits per heavy atom. The second-order valence-corrected chi connectivity index (χ2v) is 14.3. The highest BCUT2D eigenvalue weighted by Gasteiger charge is 2.23. The third kappa shape index (κ3) is 133. The molecule has 0 aromatic carbocycles. The Morgan fingerprint density at radius 2 is 0.743 bits per heavy atom. The molecule has 0 spiro atoms. The topological polar surface area (TPSA) is 223 Å². The lowest BCUT2D eigenvalue weighted by molar-refractivity contribution is 0.126. The molecule has 0 unspecified atom stereocenters. The first-order valence-electron chi connectivity index (χ1n) is 8.86. The fraction of sp³-hybridized carbons (Fsp3) is 1.00. The molecule has 0 aliphatic rings. The normalized spacial score (nSPS) is 10.2. The molecule has 0 heterocycles. The van der Waals surface area contributed by atoms with Crippen molar-refractivity contribution in [2.24, 2.45) is 0 Å². The minimum Gasteiger partial charge on any atom is -0.345 e. The van der Waals surface area contributed by atoms with Gasteiger partial charge < -0.3 is 24.5 Å². The summed E-state index contributed by atoms with van der Waals surface area (Å²) in [5, 5.41) is 0. The van der Waals surface area contributed by atoms with Crippen LogP contribution >= 0.6 is 38.4 Å². The zero-order valence-electron chi connectivity index (χ0n) is 20.0. The van der Waals surface area contributed by atoms with E-state index < -0.39 is 38.4 Å². The smallest absolute Gasteiger partial charge is 0.345 e. The van der Waals surface area contributed by atoms with Crippen molar-refractivity contribution in [3.8, 4) is 0 Å². The second-order valence-electron chi connectivity index (χ2n) is 5.55. The molecule has 35 heavy (non-hydrogen) atoms. The first-order valence-corrected chi connectivity index (χ1v) is 18.6. The van der Waals surface area contributed by atoms with Gasteiger partial charge >= 0.3 is 31.0 Å². The fourth-order valence-electron chi connectivity index (χ4n) is 0.754. The van der Waals surface area contributed by atoms with Crippen LogP contribution in [0.1, 0.15) is 50.0 Å². The highest BCUT2D eigenvalue weighted by Crippen LogP contribution is 2.48. The van der Waals surface area contributed by atoms with Gasteiger partial charge in [-0.3, -0.25) is 27.2 Å². The van der Waals surface area contributed by atoms with Crippen molar-refractivity contribution in [2.45, 2.75) is 50.0 Å². The molecule has 0 aliphatic carbocycles. The lowest BCUT2D eigenvalue weighted by Crippen LogP contribution is -1.99. The molecule has 0 amide bonds. The third-order valence-corrected chi connectivity index (χ3v) is 3.48. The molecule has 0 rings (SSSR count). The maximum Gasteiger partial charge on any atom is 0.474 e. The molecule has 0 aliphatic heterocycles. The molecule has 0 aromatic heterocycles. The van der Waals surface area contributed by atoms with Crippen molar-refractivity contribution in [3.63, 3.8) is 0 Å². The molecule has 0 radical (unpaired) electrons. The standard InChI is InChI=1S/C6H15O4P.C2H7O4P.C2H7O2P.C2H6OP.CH5O3P.3CH4/c1-4-8-11(7,9-5-2)10-6-3;1-2-6-7(3,4)5;1-5(2,3)4;1-4(2)3;1-5(2,3)4;;;/h4-6H2,1-3H3;2H2,1H3,(H2,3,4,5);1-2H3,(H,3,4);1-2H3;1H3,(H2,2,3,4);3*1H4/q;;;+1;;;;. The van der Waals surface area contributed by atoms with Crippen molar-refractivity contribution in [1.29, 1.82) is 0 Å². The fourth-order valence-corrected chi connectivity index (χ4v) is 2.26. The maximum absolute atomic E-state index is 11.3. The highest BCUT2D eigenvalue weighted by atomic mass is 31.2. The third-order valence-electron chi connectivity index (χ3n) is 1.16. The average molecular weight is 623 g/mol. The molecule has 14 nitrogen and oxygen atoms in total. The number of hydrogen-bond acceptors (Lipinski definition) is 9. The van der Waals surface area contributed by atoms with E-state index >= 15 is 0 Å². The Bertz CT molecular complexity index is 562. The summed E-state index contributed by atoms with van der Waals surface area (Å²) in [6.07, 6.45) is 0.